The fourth-order valence-corrected chi connectivity index (χ4v) is 4.96. The molecule has 3 atom stereocenters. The molecule has 0 amide bonds. The van der Waals surface area contributed by atoms with Gasteiger partial charge in [-0.2, -0.15) is 0 Å². The lowest BCUT2D eigenvalue weighted by atomic mass is 9.75. The lowest BCUT2D eigenvalue weighted by molar-refractivity contribution is 0.421. The van der Waals surface area contributed by atoms with E-state index in [1.165, 1.54) is 22.3 Å². The molecule has 0 spiro atoms. The van der Waals surface area contributed by atoms with Gasteiger partial charge in [-0.3, -0.25) is 5.41 Å². The molecule has 0 radical (unpaired) electrons. The second kappa shape index (κ2) is 6.14. The summed E-state index contributed by atoms with van der Waals surface area (Å²) in [4.78, 5) is 0. The van der Waals surface area contributed by atoms with Crippen molar-refractivity contribution in [2.24, 2.45) is 11.7 Å². The number of hydrogen-bond acceptors (Lipinski definition) is 2. The van der Waals surface area contributed by atoms with Crippen molar-refractivity contribution in [3.63, 3.8) is 0 Å². The smallest absolute Gasteiger partial charge is 0.122 e. The molecule has 5 rings (SSSR count). The molecule has 4 N–H and O–H groups in total. The van der Waals surface area contributed by atoms with Crippen molar-refractivity contribution in [3.05, 3.63) is 99.6 Å². The molecule has 0 saturated heterocycles. The Morgan fingerprint density at radius 2 is 1.85 bits per heavy atom. The minimum absolute atomic E-state index is 0.0906. The van der Waals surface area contributed by atoms with Crippen LogP contribution in [-0.2, 0) is 6.42 Å². The number of nitrogens with one attached hydrogen (secondary N) is 2. The Morgan fingerprint density at radius 1 is 1.00 bits per heavy atom. The van der Waals surface area contributed by atoms with Crippen molar-refractivity contribution in [1.82, 2.24) is 0 Å². The van der Waals surface area contributed by atoms with Crippen LogP contribution in [0.15, 0.2) is 66.7 Å². The Kier molecular flexibility index (Phi) is 3.73. The molecule has 1 aliphatic heterocycles. The van der Waals surface area contributed by atoms with Crippen molar-refractivity contribution in [2.45, 2.75) is 18.4 Å². The molecule has 1 aliphatic carbocycles. The normalized spacial score (nSPS) is 22.3. The molecule has 4 heteroatoms. The fraction of sp³-hybridized carbons (Fsp3) is 0.174. The molecule has 0 aromatic heterocycles. The number of nitrogens with two attached hydrogens (primary N) is 1. The highest BCUT2D eigenvalue weighted by Crippen LogP contribution is 2.53. The maximum absolute atomic E-state index is 7.79. The highest BCUT2D eigenvalue weighted by Gasteiger charge is 2.43. The second-order valence-corrected chi connectivity index (χ2v) is 7.87. The van der Waals surface area contributed by atoms with Gasteiger partial charge in [0.25, 0.3) is 0 Å². The van der Waals surface area contributed by atoms with Crippen LogP contribution in [-0.4, -0.2) is 5.84 Å². The van der Waals surface area contributed by atoms with Gasteiger partial charge in [-0.15, -0.1) is 0 Å². The summed E-state index contributed by atoms with van der Waals surface area (Å²) in [6, 6.07) is 23.1. The third-order valence-corrected chi connectivity index (χ3v) is 6.16. The highest BCUT2D eigenvalue weighted by molar-refractivity contribution is 6.30. The third kappa shape index (κ3) is 2.62. The molecule has 0 saturated carbocycles. The summed E-state index contributed by atoms with van der Waals surface area (Å²) in [6.07, 6.45) is 1.04. The number of anilines is 1. The summed E-state index contributed by atoms with van der Waals surface area (Å²) in [5.74, 6) is 0.854. The van der Waals surface area contributed by atoms with Crippen LogP contribution in [0.3, 0.4) is 0 Å². The Labute approximate surface area is 163 Å². The van der Waals surface area contributed by atoms with Crippen LogP contribution in [0.1, 0.15) is 39.8 Å². The zero-order valence-corrected chi connectivity index (χ0v) is 15.5. The number of halogens is 1. The fourth-order valence-electron chi connectivity index (χ4n) is 4.76. The Hall–Kier alpha value is -2.78. The van der Waals surface area contributed by atoms with Crippen molar-refractivity contribution in [3.8, 4) is 0 Å². The first-order valence-electron chi connectivity index (χ1n) is 9.20. The van der Waals surface area contributed by atoms with Crippen LogP contribution in [0.2, 0.25) is 5.02 Å². The number of nitrogen functional groups attached to an aromatic ring is 1. The van der Waals surface area contributed by atoms with Crippen LogP contribution in [0.5, 0.6) is 0 Å². The first-order valence-corrected chi connectivity index (χ1v) is 9.58. The highest BCUT2D eigenvalue weighted by atomic mass is 35.5. The summed E-state index contributed by atoms with van der Waals surface area (Å²) in [5.41, 5.74) is 12.9. The van der Waals surface area contributed by atoms with Crippen LogP contribution in [0.25, 0.3) is 0 Å². The molecular weight excluding hydrogens is 354 g/mol. The lowest BCUT2D eigenvalue weighted by Gasteiger charge is -2.38. The number of rotatable bonds is 2. The minimum atomic E-state index is 0.0906. The molecule has 2 aliphatic rings. The van der Waals surface area contributed by atoms with Crippen molar-refractivity contribution >= 4 is 23.1 Å². The average molecular weight is 374 g/mol. The van der Waals surface area contributed by atoms with E-state index in [0.717, 1.165) is 22.7 Å². The maximum atomic E-state index is 7.79. The summed E-state index contributed by atoms with van der Waals surface area (Å²) >= 11 is 6.29. The molecule has 0 fully saturated rings. The predicted molar refractivity (Wildman–Crippen MR) is 111 cm³/mol. The van der Waals surface area contributed by atoms with E-state index in [-0.39, 0.29) is 11.9 Å². The van der Waals surface area contributed by atoms with Crippen molar-refractivity contribution in [1.29, 1.82) is 5.41 Å². The molecule has 3 aromatic carbocycles. The molecular formula is C23H20ClN3. The zero-order chi connectivity index (χ0) is 18.5. The summed E-state index contributed by atoms with van der Waals surface area (Å²) in [5, 5.41) is 12.3. The summed E-state index contributed by atoms with van der Waals surface area (Å²) in [7, 11) is 0. The molecule has 3 unspecified atom stereocenters. The largest absolute Gasteiger partial charge is 0.384 e. The SMILES string of the molecule is N=C(N)c1ccc2c(c1)NC(c1cccc(Cl)c1)C1Cc3ccccc3C21. The van der Waals surface area contributed by atoms with Gasteiger partial charge in [-0.05, 0) is 52.8 Å². The van der Waals surface area contributed by atoms with Gasteiger partial charge in [0.15, 0.2) is 0 Å². The van der Waals surface area contributed by atoms with E-state index in [1.54, 1.807) is 0 Å². The van der Waals surface area contributed by atoms with E-state index in [4.69, 9.17) is 22.7 Å². The molecule has 27 heavy (non-hydrogen) atoms. The average Bonchev–Trinajstić information content (AvgIpc) is 3.06. The van der Waals surface area contributed by atoms with Gasteiger partial charge >= 0.3 is 0 Å². The van der Waals surface area contributed by atoms with E-state index in [0.29, 0.717) is 11.8 Å². The first-order chi connectivity index (χ1) is 13.1. The minimum Gasteiger partial charge on any atom is -0.384 e. The van der Waals surface area contributed by atoms with Gasteiger partial charge in [-0.25, -0.2) is 0 Å². The predicted octanol–water partition coefficient (Wildman–Crippen LogP) is 5.10. The second-order valence-electron chi connectivity index (χ2n) is 7.44. The Bertz CT molecular complexity index is 1060. The van der Waals surface area contributed by atoms with Crippen LogP contribution >= 0.6 is 11.6 Å². The van der Waals surface area contributed by atoms with Crippen molar-refractivity contribution in [2.75, 3.05) is 5.32 Å². The van der Waals surface area contributed by atoms with Gasteiger partial charge in [-0.1, -0.05) is 60.1 Å². The van der Waals surface area contributed by atoms with Gasteiger partial charge in [0, 0.05) is 22.2 Å². The molecule has 3 nitrogen and oxygen atoms in total. The van der Waals surface area contributed by atoms with E-state index < -0.39 is 0 Å². The maximum Gasteiger partial charge on any atom is 0.122 e. The van der Waals surface area contributed by atoms with E-state index in [1.807, 2.05) is 24.3 Å². The number of amidine groups is 1. The van der Waals surface area contributed by atoms with Gasteiger partial charge in [0.1, 0.15) is 5.84 Å². The topological polar surface area (TPSA) is 61.9 Å². The van der Waals surface area contributed by atoms with Gasteiger partial charge in [0.2, 0.25) is 0 Å². The summed E-state index contributed by atoms with van der Waals surface area (Å²) < 4.78 is 0. The van der Waals surface area contributed by atoms with Crippen LogP contribution in [0.4, 0.5) is 5.69 Å². The van der Waals surface area contributed by atoms with Crippen molar-refractivity contribution < 1.29 is 0 Å². The summed E-state index contributed by atoms with van der Waals surface area (Å²) in [6.45, 7) is 0. The Morgan fingerprint density at radius 3 is 2.67 bits per heavy atom. The zero-order valence-electron chi connectivity index (χ0n) is 14.7. The van der Waals surface area contributed by atoms with E-state index >= 15 is 0 Å². The quantitative estimate of drug-likeness (QED) is 0.432. The molecule has 1 heterocycles. The third-order valence-electron chi connectivity index (χ3n) is 5.92. The lowest BCUT2D eigenvalue weighted by Crippen LogP contribution is -2.30. The van der Waals surface area contributed by atoms with E-state index in [2.05, 4.69) is 47.8 Å². The Balaban J connectivity index is 1.69. The monoisotopic (exact) mass is 373 g/mol. The first kappa shape index (κ1) is 16.4. The molecule has 134 valence electrons. The molecule has 0 bridgehead atoms. The van der Waals surface area contributed by atoms with E-state index in [9.17, 15) is 0 Å². The van der Waals surface area contributed by atoms with Gasteiger partial charge < -0.3 is 11.1 Å². The molecule has 3 aromatic rings. The van der Waals surface area contributed by atoms with Crippen LogP contribution < -0.4 is 11.1 Å². The number of hydrogen-bond donors (Lipinski definition) is 3. The number of benzene rings is 3. The standard InChI is InChI=1S/C23H20ClN3/c24-16-6-3-5-14(10-16)22-19-11-13-4-1-2-7-17(13)21(19)18-9-8-15(23(25)26)12-20(18)27-22/h1-10,12,19,21-22,27H,11H2,(H3,25,26). The van der Waals surface area contributed by atoms with Gasteiger partial charge in [0.05, 0.1) is 6.04 Å². The number of fused-ring (bicyclic) bond motifs is 5. The van der Waals surface area contributed by atoms with Crippen LogP contribution in [0, 0.1) is 11.3 Å².